The normalized spacial score (nSPS) is 12.4. The highest BCUT2D eigenvalue weighted by Gasteiger charge is 2.14. The molecule has 4 heteroatoms. The summed E-state index contributed by atoms with van der Waals surface area (Å²) in [5.74, 6) is 0. The molecule has 1 aromatic carbocycles. The number of anilines is 1. The van der Waals surface area contributed by atoms with Crippen LogP contribution in [0.3, 0.4) is 0 Å². The van der Waals surface area contributed by atoms with Crippen LogP contribution < -0.4 is 10.6 Å². The summed E-state index contributed by atoms with van der Waals surface area (Å²) in [6.45, 7) is 2.99. The third kappa shape index (κ3) is 3.75. The lowest BCUT2D eigenvalue weighted by Crippen LogP contribution is -2.24. The molecule has 0 radical (unpaired) electrons. The second kappa shape index (κ2) is 7.11. The minimum atomic E-state index is 0.156. The minimum absolute atomic E-state index is 0.156. The molecular weight excluding hydrogens is 288 g/mol. The van der Waals surface area contributed by atoms with Gasteiger partial charge in [-0.2, -0.15) is 11.3 Å². The molecule has 1 atom stereocenters. The Labute approximate surface area is 130 Å². The molecule has 20 heavy (non-hydrogen) atoms. The fraction of sp³-hybridized carbons (Fsp3) is 0.375. The summed E-state index contributed by atoms with van der Waals surface area (Å²) in [6.07, 6.45) is 1.78. The summed E-state index contributed by atoms with van der Waals surface area (Å²) in [7, 11) is 2.10. The van der Waals surface area contributed by atoms with Crippen LogP contribution in [-0.2, 0) is 13.0 Å². The van der Waals surface area contributed by atoms with E-state index in [1.807, 2.05) is 12.1 Å². The van der Waals surface area contributed by atoms with E-state index in [1.54, 1.807) is 11.3 Å². The first kappa shape index (κ1) is 15.4. The Morgan fingerprint density at radius 2 is 2.15 bits per heavy atom. The fourth-order valence-corrected chi connectivity index (χ4v) is 3.16. The van der Waals surface area contributed by atoms with Gasteiger partial charge in [-0.25, -0.2) is 0 Å². The molecule has 2 nitrogen and oxygen atoms in total. The van der Waals surface area contributed by atoms with Crippen LogP contribution in [0.2, 0.25) is 5.02 Å². The van der Waals surface area contributed by atoms with Gasteiger partial charge in [-0.3, -0.25) is 0 Å². The van der Waals surface area contributed by atoms with Crippen LogP contribution in [0.25, 0.3) is 0 Å². The molecule has 0 saturated carbocycles. The maximum absolute atomic E-state index is 6.38. The summed E-state index contributed by atoms with van der Waals surface area (Å²) in [6, 6.07) is 8.38. The molecule has 0 aliphatic heterocycles. The zero-order chi connectivity index (χ0) is 14.5. The lowest BCUT2D eigenvalue weighted by atomic mass is 10.0. The second-order valence-corrected chi connectivity index (χ2v) is 6.28. The van der Waals surface area contributed by atoms with Gasteiger partial charge >= 0.3 is 0 Å². The fourth-order valence-electron chi connectivity index (χ4n) is 2.26. The molecular formula is C16H21ClN2S. The third-order valence-corrected chi connectivity index (χ3v) is 4.58. The zero-order valence-electron chi connectivity index (χ0n) is 12.0. The van der Waals surface area contributed by atoms with E-state index in [0.29, 0.717) is 0 Å². The van der Waals surface area contributed by atoms with Gasteiger partial charge in [-0.05, 0) is 52.9 Å². The van der Waals surface area contributed by atoms with Crippen LogP contribution in [0.4, 0.5) is 5.69 Å². The first-order chi connectivity index (χ1) is 9.61. The summed E-state index contributed by atoms with van der Waals surface area (Å²) in [5, 5.41) is 5.09. The number of halogens is 1. The molecule has 0 aliphatic rings. The maximum atomic E-state index is 6.38. The first-order valence-electron chi connectivity index (χ1n) is 6.87. The third-order valence-electron chi connectivity index (χ3n) is 3.50. The van der Waals surface area contributed by atoms with Crippen LogP contribution >= 0.6 is 22.9 Å². The average molecular weight is 309 g/mol. The minimum Gasteiger partial charge on any atom is -0.370 e. The Morgan fingerprint density at radius 1 is 1.35 bits per heavy atom. The molecule has 0 spiro atoms. The molecule has 0 amide bonds. The van der Waals surface area contributed by atoms with Crippen molar-refractivity contribution < 1.29 is 0 Å². The van der Waals surface area contributed by atoms with Crippen molar-refractivity contribution in [3.8, 4) is 0 Å². The Morgan fingerprint density at radius 3 is 2.80 bits per heavy atom. The smallest absolute Gasteiger partial charge is 0.0459 e. The van der Waals surface area contributed by atoms with Crippen LogP contribution in [0, 0.1) is 0 Å². The van der Waals surface area contributed by atoms with E-state index in [9.17, 15) is 0 Å². The van der Waals surface area contributed by atoms with Gasteiger partial charge < -0.3 is 10.6 Å². The van der Waals surface area contributed by atoms with Gasteiger partial charge in [0.05, 0.1) is 0 Å². The first-order valence-corrected chi connectivity index (χ1v) is 8.19. The highest BCUT2D eigenvalue weighted by molar-refractivity contribution is 7.07. The molecule has 2 rings (SSSR count). The summed E-state index contributed by atoms with van der Waals surface area (Å²) in [5.41, 5.74) is 9.75. The van der Waals surface area contributed by atoms with Gasteiger partial charge in [-0.1, -0.05) is 24.6 Å². The lowest BCUT2D eigenvalue weighted by Gasteiger charge is -2.24. The van der Waals surface area contributed by atoms with Gasteiger partial charge in [-0.15, -0.1) is 0 Å². The highest BCUT2D eigenvalue weighted by atomic mass is 35.5. The number of hydrogen-bond acceptors (Lipinski definition) is 3. The Kier molecular flexibility index (Phi) is 5.46. The monoisotopic (exact) mass is 308 g/mol. The summed E-state index contributed by atoms with van der Waals surface area (Å²) >= 11 is 8.10. The van der Waals surface area contributed by atoms with Gasteiger partial charge in [0.1, 0.15) is 0 Å². The predicted molar refractivity (Wildman–Crippen MR) is 89.8 cm³/mol. The Balaban J connectivity index is 2.23. The van der Waals surface area contributed by atoms with Crippen LogP contribution in [0.5, 0.6) is 0 Å². The summed E-state index contributed by atoms with van der Waals surface area (Å²) < 4.78 is 0. The number of benzene rings is 1. The number of nitrogens with two attached hydrogens (primary N) is 1. The predicted octanol–water partition coefficient (Wildman–Crippen LogP) is 4.32. The molecule has 0 bridgehead atoms. The standard InChI is InChI=1S/C16H21ClN2S/c1-3-13(18)9-14-15(17)5-4-6-16(14)19(2)10-12-7-8-20-11-12/h4-8,11,13H,3,9-10,18H2,1-2H3. The van der Waals surface area contributed by atoms with Gasteiger partial charge in [0.15, 0.2) is 0 Å². The average Bonchev–Trinajstić information content (AvgIpc) is 2.93. The van der Waals surface area contributed by atoms with Gasteiger partial charge in [0, 0.05) is 30.3 Å². The topological polar surface area (TPSA) is 29.3 Å². The number of thiophene rings is 1. The molecule has 0 aliphatic carbocycles. The molecule has 2 aromatic rings. The van der Waals surface area contributed by atoms with Crippen molar-refractivity contribution in [2.45, 2.75) is 32.4 Å². The molecule has 2 N–H and O–H groups in total. The molecule has 0 fully saturated rings. The molecule has 0 saturated heterocycles. The molecule has 1 aromatic heterocycles. The van der Waals surface area contributed by atoms with E-state index < -0.39 is 0 Å². The zero-order valence-corrected chi connectivity index (χ0v) is 13.5. The van der Waals surface area contributed by atoms with Crippen molar-refractivity contribution in [3.05, 3.63) is 51.2 Å². The summed E-state index contributed by atoms with van der Waals surface area (Å²) in [4.78, 5) is 2.24. The van der Waals surface area contributed by atoms with Crippen LogP contribution in [0.15, 0.2) is 35.0 Å². The largest absolute Gasteiger partial charge is 0.370 e. The number of hydrogen-bond donors (Lipinski definition) is 1. The lowest BCUT2D eigenvalue weighted by molar-refractivity contribution is 0.645. The second-order valence-electron chi connectivity index (χ2n) is 5.10. The molecule has 1 unspecified atom stereocenters. The quantitative estimate of drug-likeness (QED) is 0.861. The molecule has 108 valence electrons. The van der Waals surface area contributed by atoms with E-state index in [2.05, 4.69) is 41.8 Å². The Hall–Kier alpha value is -1.03. The highest BCUT2D eigenvalue weighted by Crippen LogP contribution is 2.29. The van der Waals surface area contributed by atoms with Crippen molar-refractivity contribution in [2.75, 3.05) is 11.9 Å². The molecule has 1 heterocycles. The van der Waals surface area contributed by atoms with Crippen molar-refractivity contribution in [1.29, 1.82) is 0 Å². The van der Waals surface area contributed by atoms with Crippen molar-refractivity contribution >= 4 is 28.6 Å². The van der Waals surface area contributed by atoms with Crippen LogP contribution in [-0.4, -0.2) is 13.1 Å². The Bertz CT molecular complexity index is 539. The van der Waals surface area contributed by atoms with E-state index in [0.717, 1.165) is 30.0 Å². The van der Waals surface area contributed by atoms with E-state index in [-0.39, 0.29) is 6.04 Å². The number of rotatable bonds is 6. The van der Waals surface area contributed by atoms with E-state index in [1.165, 1.54) is 11.3 Å². The number of nitrogens with zero attached hydrogens (tertiary/aromatic N) is 1. The van der Waals surface area contributed by atoms with Crippen molar-refractivity contribution in [3.63, 3.8) is 0 Å². The van der Waals surface area contributed by atoms with Gasteiger partial charge in [0.2, 0.25) is 0 Å². The van der Waals surface area contributed by atoms with Crippen molar-refractivity contribution in [2.24, 2.45) is 5.73 Å². The van der Waals surface area contributed by atoms with Gasteiger partial charge in [0.25, 0.3) is 0 Å². The van der Waals surface area contributed by atoms with Crippen LogP contribution in [0.1, 0.15) is 24.5 Å². The van der Waals surface area contributed by atoms with Crippen molar-refractivity contribution in [1.82, 2.24) is 0 Å². The van der Waals surface area contributed by atoms with E-state index >= 15 is 0 Å². The maximum Gasteiger partial charge on any atom is 0.0459 e. The SMILES string of the molecule is CCC(N)Cc1c(Cl)cccc1N(C)Cc1ccsc1. The van der Waals surface area contributed by atoms with E-state index in [4.69, 9.17) is 17.3 Å².